The van der Waals surface area contributed by atoms with Crippen molar-refractivity contribution in [2.45, 2.75) is 103 Å². The van der Waals surface area contributed by atoms with Crippen LogP contribution >= 0.6 is 0 Å². The molecule has 1 N–H and O–H groups in total. The fraction of sp³-hybridized carbons (Fsp3) is 1.00. The van der Waals surface area contributed by atoms with E-state index in [0.29, 0.717) is 0 Å². The number of fused-ring (bicyclic) bond motifs is 1. The first-order chi connectivity index (χ1) is 10.3. The Bertz CT molecular complexity index is 253. The van der Waals surface area contributed by atoms with Crippen molar-refractivity contribution in [2.24, 2.45) is 17.8 Å². The molecule has 124 valence electrons. The maximum atomic E-state index is 3.62. The van der Waals surface area contributed by atoms with Crippen molar-refractivity contribution in [1.29, 1.82) is 0 Å². The molecule has 0 spiro atoms. The largest absolute Gasteiger partial charge is 0.317 e. The number of rotatable bonds is 13. The van der Waals surface area contributed by atoms with E-state index in [1.807, 2.05) is 0 Å². The molecule has 2 fully saturated rings. The Balaban J connectivity index is 1.38. The van der Waals surface area contributed by atoms with Gasteiger partial charge >= 0.3 is 0 Å². The smallest absolute Gasteiger partial charge is 0.00925 e. The van der Waals surface area contributed by atoms with Crippen molar-refractivity contribution < 1.29 is 0 Å². The predicted octanol–water partition coefficient (Wildman–Crippen LogP) is 5.93. The van der Waals surface area contributed by atoms with Gasteiger partial charge in [0.25, 0.3) is 0 Å². The molecule has 2 saturated carbocycles. The van der Waals surface area contributed by atoms with Gasteiger partial charge in [0.1, 0.15) is 0 Å². The standard InChI is InChI=1S/C20H39N/c1-3-4-5-6-7-8-9-10-11-12-13-20(21-2)19-15-17-14-18(17)16-19/h17-21H,3-16H2,1-2H3. The van der Waals surface area contributed by atoms with Crippen molar-refractivity contribution in [3.8, 4) is 0 Å². The van der Waals surface area contributed by atoms with Crippen LogP contribution in [0.5, 0.6) is 0 Å². The Morgan fingerprint density at radius 2 is 1.29 bits per heavy atom. The van der Waals surface area contributed by atoms with Crippen molar-refractivity contribution in [2.75, 3.05) is 7.05 Å². The summed E-state index contributed by atoms with van der Waals surface area (Å²) in [6.07, 6.45) is 20.6. The molecular weight excluding hydrogens is 254 g/mol. The molecule has 0 heterocycles. The Kier molecular flexibility index (Phi) is 8.14. The minimum absolute atomic E-state index is 0.826. The van der Waals surface area contributed by atoms with Gasteiger partial charge in [-0.1, -0.05) is 71.1 Å². The first-order valence-corrected chi connectivity index (χ1v) is 10.0. The summed E-state index contributed by atoms with van der Waals surface area (Å²) in [5, 5.41) is 3.62. The summed E-state index contributed by atoms with van der Waals surface area (Å²) < 4.78 is 0. The summed E-state index contributed by atoms with van der Waals surface area (Å²) in [5.74, 6) is 3.29. The van der Waals surface area contributed by atoms with Crippen LogP contribution in [0.1, 0.15) is 96.8 Å². The molecule has 1 nitrogen and oxygen atoms in total. The van der Waals surface area contributed by atoms with E-state index in [4.69, 9.17) is 0 Å². The zero-order chi connectivity index (χ0) is 14.9. The number of hydrogen-bond acceptors (Lipinski definition) is 1. The first-order valence-electron chi connectivity index (χ1n) is 10.0. The highest BCUT2D eigenvalue weighted by atomic mass is 14.9. The molecule has 0 saturated heterocycles. The SMILES string of the molecule is CCCCCCCCCCCCC(NC)C1CC2CC2C1. The molecule has 21 heavy (non-hydrogen) atoms. The molecule has 2 rings (SSSR count). The molecule has 2 aliphatic rings. The van der Waals surface area contributed by atoms with Crippen LogP contribution in [0.15, 0.2) is 0 Å². The molecule has 0 bridgehead atoms. The fourth-order valence-corrected chi connectivity index (χ4v) is 4.56. The minimum Gasteiger partial charge on any atom is -0.317 e. The summed E-state index contributed by atoms with van der Waals surface area (Å²) in [6, 6.07) is 0.826. The molecule has 3 atom stereocenters. The normalized spacial score (nSPS) is 28.6. The first kappa shape index (κ1) is 17.3. The monoisotopic (exact) mass is 293 g/mol. The van der Waals surface area contributed by atoms with Gasteiger partial charge in [-0.05, 0) is 50.5 Å². The maximum Gasteiger partial charge on any atom is 0.00925 e. The molecule has 2 aliphatic carbocycles. The third-order valence-corrected chi connectivity index (χ3v) is 6.09. The van der Waals surface area contributed by atoms with E-state index < -0.39 is 0 Å². The predicted molar refractivity (Wildman–Crippen MR) is 93.6 cm³/mol. The lowest BCUT2D eigenvalue weighted by Gasteiger charge is -2.24. The molecular formula is C20H39N. The average Bonchev–Trinajstić information content (AvgIpc) is 3.11. The third kappa shape index (κ3) is 6.30. The summed E-state index contributed by atoms with van der Waals surface area (Å²) in [7, 11) is 2.19. The Labute approximate surface area is 133 Å². The van der Waals surface area contributed by atoms with Crippen LogP contribution in [-0.4, -0.2) is 13.1 Å². The van der Waals surface area contributed by atoms with Gasteiger partial charge in [0, 0.05) is 6.04 Å². The summed E-state index contributed by atoms with van der Waals surface area (Å²) in [5.41, 5.74) is 0. The van der Waals surface area contributed by atoms with E-state index in [0.717, 1.165) is 23.8 Å². The topological polar surface area (TPSA) is 12.0 Å². The zero-order valence-corrected chi connectivity index (χ0v) is 14.7. The Hall–Kier alpha value is -0.0400. The van der Waals surface area contributed by atoms with E-state index in [9.17, 15) is 0 Å². The van der Waals surface area contributed by atoms with Crippen LogP contribution in [0.25, 0.3) is 0 Å². The summed E-state index contributed by atoms with van der Waals surface area (Å²) in [6.45, 7) is 2.30. The molecule has 0 amide bonds. The third-order valence-electron chi connectivity index (χ3n) is 6.09. The van der Waals surface area contributed by atoms with E-state index in [1.165, 1.54) is 83.5 Å². The van der Waals surface area contributed by atoms with Gasteiger partial charge in [-0.2, -0.15) is 0 Å². The van der Waals surface area contributed by atoms with E-state index in [-0.39, 0.29) is 0 Å². The lowest BCUT2D eigenvalue weighted by Crippen LogP contribution is -2.32. The van der Waals surface area contributed by atoms with Gasteiger partial charge in [0.05, 0.1) is 0 Å². The van der Waals surface area contributed by atoms with Crippen LogP contribution < -0.4 is 5.32 Å². The van der Waals surface area contributed by atoms with Gasteiger partial charge in [-0.15, -0.1) is 0 Å². The molecule has 0 aliphatic heterocycles. The molecule has 1 heteroatoms. The summed E-state index contributed by atoms with van der Waals surface area (Å²) in [4.78, 5) is 0. The van der Waals surface area contributed by atoms with Crippen molar-refractivity contribution in [3.63, 3.8) is 0 Å². The lowest BCUT2D eigenvalue weighted by atomic mass is 9.90. The lowest BCUT2D eigenvalue weighted by molar-refractivity contribution is 0.325. The zero-order valence-electron chi connectivity index (χ0n) is 14.7. The second kappa shape index (κ2) is 9.87. The van der Waals surface area contributed by atoms with Crippen LogP contribution in [0.4, 0.5) is 0 Å². The molecule has 0 aromatic rings. The number of nitrogens with one attached hydrogen (secondary N) is 1. The van der Waals surface area contributed by atoms with E-state index >= 15 is 0 Å². The number of hydrogen-bond donors (Lipinski definition) is 1. The quantitative estimate of drug-likeness (QED) is 0.415. The van der Waals surface area contributed by atoms with Crippen LogP contribution in [0, 0.1) is 17.8 Å². The van der Waals surface area contributed by atoms with Crippen molar-refractivity contribution in [3.05, 3.63) is 0 Å². The van der Waals surface area contributed by atoms with Crippen LogP contribution in [-0.2, 0) is 0 Å². The Morgan fingerprint density at radius 1 is 0.762 bits per heavy atom. The van der Waals surface area contributed by atoms with Gasteiger partial charge in [-0.25, -0.2) is 0 Å². The highest BCUT2D eigenvalue weighted by Gasteiger charge is 2.47. The van der Waals surface area contributed by atoms with Crippen LogP contribution in [0.3, 0.4) is 0 Å². The van der Waals surface area contributed by atoms with Crippen molar-refractivity contribution >= 4 is 0 Å². The molecule has 0 aromatic carbocycles. The Morgan fingerprint density at radius 3 is 1.81 bits per heavy atom. The average molecular weight is 294 g/mol. The fourth-order valence-electron chi connectivity index (χ4n) is 4.56. The second-order valence-corrected chi connectivity index (χ2v) is 7.85. The number of unbranched alkanes of at least 4 members (excludes halogenated alkanes) is 9. The van der Waals surface area contributed by atoms with Crippen LogP contribution in [0.2, 0.25) is 0 Å². The molecule has 0 aromatic heterocycles. The van der Waals surface area contributed by atoms with Gasteiger partial charge in [0.2, 0.25) is 0 Å². The van der Waals surface area contributed by atoms with E-state index in [1.54, 1.807) is 6.42 Å². The van der Waals surface area contributed by atoms with Crippen molar-refractivity contribution in [1.82, 2.24) is 5.32 Å². The molecule has 3 unspecified atom stereocenters. The highest BCUT2D eigenvalue weighted by Crippen LogP contribution is 2.55. The molecule has 0 radical (unpaired) electrons. The second-order valence-electron chi connectivity index (χ2n) is 7.85. The maximum absolute atomic E-state index is 3.62. The highest BCUT2D eigenvalue weighted by molar-refractivity contribution is 4.98. The summed E-state index contributed by atoms with van der Waals surface area (Å²) >= 11 is 0. The van der Waals surface area contributed by atoms with E-state index in [2.05, 4.69) is 19.3 Å². The van der Waals surface area contributed by atoms with Gasteiger partial charge < -0.3 is 5.32 Å². The van der Waals surface area contributed by atoms with Gasteiger partial charge in [-0.3, -0.25) is 0 Å². The van der Waals surface area contributed by atoms with Gasteiger partial charge in [0.15, 0.2) is 0 Å². The minimum atomic E-state index is 0.826.